The Morgan fingerprint density at radius 1 is 1.06 bits per heavy atom. The van der Waals surface area contributed by atoms with E-state index in [-0.39, 0.29) is 22.4 Å². The summed E-state index contributed by atoms with van der Waals surface area (Å²) in [4.78, 5) is 25.5. The first-order chi connectivity index (χ1) is 15.7. The van der Waals surface area contributed by atoms with Gasteiger partial charge in [0.1, 0.15) is 32.9 Å². The van der Waals surface area contributed by atoms with Crippen molar-refractivity contribution in [1.82, 2.24) is 9.91 Å². The van der Waals surface area contributed by atoms with E-state index in [1.807, 2.05) is 24.3 Å². The van der Waals surface area contributed by atoms with Crippen molar-refractivity contribution < 1.29 is 23.1 Å². The van der Waals surface area contributed by atoms with Gasteiger partial charge in [0.05, 0.1) is 0 Å². The number of rotatable bonds is 1. The SMILES string of the molecule is CC(=O)N1CCC2(CC1)CC1(SC(c3cc(F)ccc3F)=NN1C(C)=O)c1ccccc1O2. The van der Waals surface area contributed by atoms with Crippen LogP contribution in [0.2, 0.25) is 0 Å². The molecule has 3 aliphatic heterocycles. The van der Waals surface area contributed by atoms with Crippen molar-refractivity contribution >= 4 is 28.6 Å². The molecule has 0 saturated carbocycles. The molecule has 0 bridgehead atoms. The monoisotopic (exact) mass is 471 g/mol. The molecular weight excluding hydrogens is 448 g/mol. The number of fused-ring (bicyclic) bond motifs is 2. The molecule has 0 radical (unpaired) electrons. The maximum atomic E-state index is 14.6. The van der Waals surface area contributed by atoms with E-state index in [0.29, 0.717) is 38.1 Å². The summed E-state index contributed by atoms with van der Waals surface area (Å²) in [5.41, 5.74) is 0.167. The van der Waals surface area contributed by atoms with E-state index in [4.69, 9.17) is 4.74 Å². The summed E-state index contributed by atoms with van der Waals surface area (Å²) in [5.74, 6) is -0.834. The number of para-hydroxylation sites is 1. The number of carbonyl (C=O) groups excluding carboxylic acids is 2. The first-order valence-electron chi connectivity index (χ1n) is 10.8. The van der Waals surface area contributed by atoms with Crippen LogP contribution >= 0.6 is 11.8 Å². The number of nitrogens with zero attached hydrogens (tertiary/aromatic N) is 3. The number of likely N-dealkylation sites (tertiary alicyclic amines) is 1. The average molecular weight is 472 g/mol. The Hall–Kier alpha value is -2.94. The Morgan fingerprint density at radius 3 is 2.48 bits per heavy atom. The Kier molecular flexibility index (Phi) is 5.19. The van der Waals surface area contributed by atoms with Crippen LogP contribution in [0.15, 0.2) is 47.6 Å². The number of hydrogen-bond donors (Lipinski definition) is 0. The number of piperidine rings is 1. The molecule has 1 saturated heterocycles. The Bertz CT molecular complexity index is 1180. The molecular formula is C24H23F2N3O3S. The van der Waals surface area contributed by atoms with E-state index < -0.39 is 22.1 Å². The minimum atomic E-state index is -0.965. The van der Waals surface area contributed by atoms with Crippen molar-refractivity contribution in [2.45, 2.75) is 43.6 Å². The molecule has 0 aliphatic carbocycles. The van der Waals surface area contributed by atoms with Crippen LogP contribution in [0.25, 0.3) is 0 Å². The van der Waals surface area contributed by atoms with Crippen LogP contribution in [0.1, 0.15) is 44.2 Å². The number of halogens is 2. The third-order valence-electron chi connectivity index (χ3n) is 6.57. The van der Waals surface area contributed by atoms with Gasteiger partial charge in [0.15, 0.2) is 0 Å². The number of thioether (sulfide) groups is 1. The lowest BCUT2D eigenvalue weighted by atomic mass is 9.79. The molecule has 2 aromatic carbocycles. The number of carbonyl (C=O) groups is 2. The normalized spacial score (nSPS) is 23.3. The molecule has 6 nitrogen and oxygen atoms in total. The van der Waals surface area contributed by atoms with Crippen LogP contribution in [0.4, 0.5) is 8.78 Å². The lowest BCUT2D eigenvalue weighted by molar-refractivity contribution is -0.137. The molecule has 1 fully saturated rings. The van der Waals surface area contributed by atoms with Gasteiger partial charge >= 0.3 is 0 Å². The van der Waals surface area contributed by atoms with Crippen molar-refractivity contribution in [1.29, 1.82) is 0 Å². The highest BCUT2D eigenvalue weighted by atomic mass is 32.2. The molecule has 2 aromatic rings. The predicted octanol–water partition coefficient (Wildman–Crippen LogP) is 4.24. The smallest absolute Gasteiger partial charge is 0.241 e. The molecule has 2 amide bonds. The van der Waals surface area contributed by atoms with Crippen molar-refractivity contribution in [2.24, 2.45) is 5.10 Å². The van der Waals surface area contributed by atoms with Crippen molar-refractivity contribution in [3.05, 3.63) is 65.2 Å². The molecule has 3 aliphatic rings. The van der Waals surface area contributed by atoms with Crippen molar-refractivity contribution in [3.63, 3.8) is 0 Å². The zero-order valence-electron chi connectivity index (χ0n) is 18.3. The summed E-state index contributed by atoms with van der Waals surface area (Å²) < 4.78 is 35.1. The first kappa shape index (κ1) is 21.9. The highest BCUT2D eigenvalue weighted by Crippen LogP contribution is 2.59. The lowest BCUT2D eigenvalue weighted by Gasteiger charge is -2.51. The van der Waals surface area contributed by atoms with E-state index in [2.05, 4.69) is 5.10 Å². The van der Waals surface area contributed by atoms with E-state index in [1.165, 1.54) is 23.7 Å². The summed E-state index contributed by atoms with van der Waals surface area (Å²) in [5, 5.41) is 6.13. The van der Waals surface area contributed by atoms with Crippen LogP contribution in [0.5, 0.6) is 5.75 Å². The van der Waals surface area contributed by atoms with Gasteiger partial charge in [-0.1, -0.05) is 30.0 Å². The third kappa shape index (κ3) is 3.58. The van der Waals surface area contributed by atoms with Crippen molar-refractivity contribution in [3.8, 4) is 5.75 Å². The van der Waals surface area contributed by atoms with Gasteiger partial charge in [-0.15, -0.1) is 0 Å². The van der Waals surface area contributed by atoms with Gasteiger partial charge < -0.3 is 9.64 Å². The zero-order chi connectivity index (χ0) is 23.4. The van der Waals surface area contributed by atoms with Gasteiger partial charge in [-0.3, -0.25) is 9.59 Å². The minimum Gasteiger partial charge on any atom is -0.487 e. The number of ether oxygens (including phenoxy) is 1. The molecule has 0 aromatic heterocycles. The molecule has 1 atom stereocenters. The second kappa shape index (κ2) is 7.83. The lowest BCUT2D eigenvalue weighted by Crippen LogP contribution is -2.57. The van der Waals surface area contributed by atoms with E-state index >= 15 is 0 Å². The Morgan fingerprint density at radius 2 is 1.79 bits per heavy atom. The number of hydrazone groups is 1. The van der Waals surface area contributed by atoms with Gasteiger partial charge in [-0.2, -0.15) is 5.10 Å². The fourth-order valence-electron chi connectivity index (χ4n) is 4.96. The first-order valence-corrected chi connectivity index (χ1v) is 11.6. The van der Waals surface area contributed by atoms with E-state index in [0.717, 1.165) is 23.8 Å². The fraction of sp³-hybridized carbons (Fsp3) is 0.375. The zero-order valence-corrected chi connectivity index (χ0v) is 19.1. The van der Waals surface area contributed by atoms with E-state index in [9.17, 15) is 18.4 Å². The molecule has 172 valence electrons. The minimum absolute atomic E-state index is 0.0172. The number of hydrogen-bond acceptors (Lipinski definition) is 5. The second-order valence-corrected chi connectivity index (χ2v) is 9.98. The molecule has 9 heteroatoms. The van der Waals surface area contributed by atoms with Gasteiger partial charge in [0, 0.05) is 57.3 Å². The topological polar surface area (TPSA) is 62.2 Å². The standard InChI is InChI=1S/C24H23F2N3O3S/c1-15(30)28-11-9-23(10-12-28)14-24(19-5-3-4-6-21(19)32-23)29(16(2)31)27-22(33-24)18-13-17(25)7-8-20(18)26/h3-8,13H,9-12,14H2,1-2H3. The molecule has 3 heterocycles. The molecule has 2 spiro atoms. The number of amides is 2. The Balaban J connectivity index is 1.60. The van der Waals surface area contributed by atoms with Crippen LogP contribution in [-0.2, 0) is 14.5 Å². The quantitative estimate of drug-likeness (QED) is 0.624. The highest BCUT2D eigenvalue weighted by Gasteiger charge is 2.58. The summed E-state index contributed by atoms with van der Waals surface area (Å²) in [6, 6.07) is 10.7. The maximum Gasteiger partial charge on any atom is 0.241 e. The number of benzene rings is 2. The summed E-state index contributed by atoms with van der Waals surface area (Å²) in [6.45, 7) is 4.06. The van der Waals surface area contributed by atoms with Gasteiger partial charge in [-0.05, 0) is 24.3 Å². The van der Waals surface area contributed by atoms with Gasteiger partial charge in [-0.25, -0.2) is 13.8 Å². The summed E-state index contributed by atoms with van der Waals surface area (Å²) >= 11 is 1.25. The Labute approximate surface area is 194 Å². The molecule has 0 N–H and O–H groups in total. The largest absolute Gasteiger partial charge is 0.487 e. The summed E-state index contributed by atoms with van der Waals surface area (Å²) in [7, 11) is 0. The average Bonchev–Trinajstić information content (AvgIpc) is 3.15. The van der Waals surface area contributed by atoms with Crippen LogP contribution in [-0.4, -0.2) is 45.5 Å². The fourth-order valence-corrected chi connectivity index (χ4v) is 6.54. The third-order valence-corrected chi connectivity index (χ3v) is 7.94. The van der Waals surface area contributed by atoms with Crippen LogP contribution in [0, 0.1) is 11.6 Å². The van der Waals surface area contributed by atoms with Gasteiger partial charge in [0.25, 0.3) is 0 Å². The molecule has 1 unspecified atom stereocenters. The molecule has 33 heavy (non-hydrogen) atoms. The van der Waals surface area contributed by atoms with Gasteiger partial charge in [0.2, 0.25) is 11.8 Å². The maximum absolute atomic E-state index is 14.6. The second-order valence-electron chi connectivity index (χ2n) is 8.71. The predicted molar refractivity (Wildman–Crippen MR) is 121 cm³/mol. The summed E-state index contributed by atoms with van der Waals surface area (Å²) in [6.07, 6.45) is 1.61. The van der Waals surface area contributed by atoms with E-state index in [1.54, 1.807) is 11.8 Å². The van der Waals surface area contributed by atoms with Crippen LogP contribution in [0.3, 0.4) is 0 Å². The van der Waals surface area contributed by atoms with Crippen LogP contribution < -0.4 is 4.74 Å². The van der Waals surface area contributed by atoms with Crippen molar-refractivity contribution in [2.75, 3.05) is 13.1 Å². The highest BCUT2D eigenvalue weighted by molar-refractivity contribution is 8.15. The molecule has 5 rings (SSSR count).